The molecular formula is C23H32N2O3. The number of fused-ring (bicyclic) bond motifs is 1. The van der Waals surface area contributed by atoms with Crippen LogP contribution >= 0.6 is 0 Å². The van der Waals surface area contributed by atoms with Crippen LogP contribution in [0, 0.1) is 18.8 Å². The molecule has 5 nitrogen and oxygen atoms in total. The van der Waals surface area contributed by atoms with Crippen molar-refractivity contribution in [3.63, 3.8) is 0 Å². The number of nitrogens with one attached hydrogen (secondary N) is 1. The molecule has 4 aliphatic rings. The van der Waals surface area contributed by atoms with Gasteiger partial charge in [0.1, 0.15) is 5.75 Å². The Hall–Kier alpha value is -1.59. The summed E-state index contributed by atoms with van der Waals surface area (Å²) in [4.78, 5) is 15.0. The molecule has 1 aromatic carbocycles. The average molecular weight is 385 g/mol. The minimum absolute atomic E-state index is 0.0388. The highest BCUT2D eigenvalue weighted by molar-refractivity contribution is 5.77. The third kappa shape index (κ3) is 3.33. The van der Waals surface area contributed by atoms with E-state index in [1.54, 1.807) is 0 Å². The molecule has 28 heavy (non-hydrogen) atoms. The number of amides is 1. The van der Waals surface area contributed by atoms with Crippen molar-refractivity contribution >= 4 is 5.91 Å². The molecule has 3 aliphatic heterocycles. The lowest BCUT2D eigenvalue weighted by molar-refractivity contribution is -0.123. The Morgan fingerprint density at radius 3 is 2.82 bits per heavy atom. The SMILES string of the molecule is Cc1ccc(OCC(=O)NC[C@H]2[C@H]3CN(C4CCCC4)C[C@]34CC[C@H]2O4)cc1. The van der Waals surface area contributed by atoms with Gasteiger partial charge in [0.05, 0.1) is 11.7 Å². The van der Waals surface area contributed by atoms with Gasteiger partial charge in [-0.05, 0) is 44.7 Å². The van der Waals surface area contributed by atoms with Crippen LogP contribution in [0.15, 0.2) is 24.3 Å². The Balaban J connectivity index is 1.14. The number of aryl methyl sites for hydroxylation is 1. The molecule has 2 bridgehead atoms. The van der Waals surface area contributed by atoms with Crippen LogP contribution in [0.4, 0.5) is 0 Å². The van der Waals surface area contributed by atoms with Crippen molar-refractivity contribution in [2.45, 2.75) is 63.2 Å². The summed E-state index contributed by atoms with van der Waals surface area (Å²) in [6, 6.07) is 8.57. The van der Waals surface area contributed by atoms with Crippen molar-refractivity contribution in [3.05, 3.63) is 29.8 Å². The van der Waals surface area contributed by atoms with Crippen LogP contribution in [-0.4, -0.2) is 54.8 Å². The van der Waals surface area contributed by atoms with Crippen molar-refractivity contribution in [1.29, 1.82) is 0 Å². The largest absolute Gasteiger partial charge is 0.484 e. The van der Waals surface area contributed by atoms with E-state index in [4.69, 9.17) is 9.47 Å². The van der Waals surface area contributed by atoms with E-state index < -0.39 is 0 Å². The Bertz CT molecular complexity index is 715. The Kier molecular flexibility index (Phi) is 4.84. The van der Waals surface area contributed by atoms with Gasteiger partial charge in [0, 0.05) is 37.5 Å². The molecule has 4 fully saturated rings. The molecule has 152 valence electrons. The van der Waals surface area contributed by atoms with Gasteiger partial charge in [0.2, 0.25) is 0 Å². The molecule has 1 N–H and O–H groups in total. The quantitative estimate of drug-likeness (QED) is 0.819. The minimum Gasteiger partial charge on any atom is -0.484 e. The van der Waals surface area contributed by atoms with Gasteiger partial charge in [-0.3, -0.25) is 9.69 Å². The number of rotatable bonds is 6. The summed E-state index contributed by atoms with van der Waals surface area (Å²) in [7, 11) is 0. The van der Waals surface area contributed by atoms with Gasteiger partial charge in [-0.15, -0.1) is 0 Å². The molecule has 4 atom stereocenters. The molecule has 3 heterocycles. The van der Waals surface area contributed by atoms with E-state index in [1.807, 2.05) is 31.2 Å². The lowest BCUT2D eigenvalue weighted by Crippen LogP contribution is -2.42. The van der Waals surface area contributed by atoms with Crippen LogP contribution in [0.25, 0.3) is 0 Å². The van der Waals surface area contributed by atoms with Gasteiger partial charge in [0.15, 0.2) is 6.61 Å². The molecule has 0 unspecified atom stereocenters. The van der Waals surface area contributed by atoms with Crippen LogP contribution in [0.5, 0.6) is 5.75 Å². The van der Waals surface area contributed by atoms with E-state index >= 15 is 0 Å². The zero-order valence-electron chi connectivity index (χ0n) is 16.9. The molecule has 1 aliphatic carbocycles. The summed E-state index contributed by atoms with van der Waals surface area (Å²) in [5.41, 5.74) is 1.26. The van der Waals surface area contributed by atoms with Gasteiger partial charge in [-0.2, -0.15) is 0 Å². The van der Waals surface area contributed by atoms with Crippen molar-refractivity contribution < 1.29 is 14.3 Å². The molecule has 1 aromatic rings. The Morgan fingerprint density at radius 1 is 1.25 bits per heavy atom. The van der Waals surface area contributed by atoms with Crippen LogP contribution in [0.1, 0.15) is 44.1 Å². The first-order chi connectivity index (χ1) is 13.6. The van der Waals surface area contributed by atoms with Crippen molar-refractivity contribution in [1.82, 2.24) is 10.2 Å². The average Bonchev–Trinajstić information content (AvgIpc) is 3.46. The smallest absolute Gasteiger partial charge is 0.257 e. The van der Waals surface area contributed by atoms with Gasteiger partial charge >= 0.3 is 0 Å². The van der Waals surface area contributed by atoms with Crippen LogP contribution in [0.3, 0.4) is 0 Å². The van der Waals surface area contributed by atoms with Crippen molar-refractivity contribution in [2.75, 3.05) is 26.2 Å². The second-order valence-electron chi connectivity index (χ2n) is 9.30. The number of benzene rings is 1. The molecule has 0 radical (unpaired) electrons. The molecule has 0 aromatic heterocycles. The Morgan fingerprint density at radius 2 is 2.04 bits per heavy atom. The van der Waals surface area contributed by atoms with Crippen LogP contribution in [-0.2, 0) is 9.53 Å². The summed E-state index contributed by atoms with van der Waals surface area (Å²) in [5, 5.41) is 3.12. The van der Waals surface area contributed by atoms with E-state index in [0.717, 1.165) is 31.3 Å². The first-order valence-corrected chi connectivity index (χ1v) is 11.0. The fraction of sp³-hybridized carbons (Fsp3) is 0.696. The molecule has 3 saturated heterocycles. The maximum atomic E-state index is 12.3. The van der Waals surface area contributed by atoms with Crippen LogP contribution < -0.4 is 10.1 Å². The molecular weight excluding hydrogens is 352 g/mol. The number of carbonyl (C=O) groups is 1. The van der Waals surface area contributed by atoms with Gasteiger partial charge in [-0.1, -0.05) is 30.5 Å². The normalized spacial score (nSPS) is 34.7. The third-order valence-corrected chi connectivity index (χ3v) is 7.58. The van der Waals surface area contributed by atoms with E-state index in [-0.39, 0.29) is 18.1 Å². The molecule has 1 amide bonds. The second-order valence-corrected chi connectivity index (χ2v) is 9.30. The van der Waals surface area contributed by atoms with Gasteiger partial charge in [0.25, 0.3) is 5.91 Å². The predicted octanol–water partition coefficient (Wildman–Crippen LogP) is 2.91. The summed E-state index contributed by atoms with van der Waals surface area (Å²) in [6.45, 7) is 5.09. The van der Waals surface area contributed by atoms with Crippen molar-refractivity contribution in [3.8, 4) is 5.75 Å². The summed E-state index contributed by atoms with van der Waals surface area (Å²) in [5.74, 6) is 1.72. The van der Waals surface area contributed by atoms with Gasteiger partial charge < -0.3 is 14.8 Å². The van der Waals surface area contributed by atoms with Gasteiger partial charge in [-0.25, -0.2) is 0 Å². The highest BCUT2D eigenvalue weighted by Gasteiger charge is 2.63. The molecule has 1 saturated carbocycles. The fourth-order valence-electron chi connectivity index (χ4n) is 6.11. The Labute approximate surface area is 167 Å². The maximum Gasteiger partial charge on any atom is 0.257 e. The van der Waals surface area contributed by atoms with E-state index in [9.17, 15) is 4.79 Å². The monoisotopic (exact) mass is 384 g/mol. The maximum absolute atomic E-state index is 12.3. The summed E-state index contributed by atoms with van der Waals surface area (Å²) in [6.07, 6.45) is 8.13. The zero-order valence-corrected chi connectivity index (χ0v) is 16.9. The summed E-state index contributed by atoms with van der Waals surface area (Å²) >= 11 is 0. The third-order valence-electron chi connectivity index (χ3n) is 7.58. The highest BCUT2D eigenvalue weighted by Crippen LogP contribution is 2.55. The van der Waals surface area contributed by atoms with E-state index in [0.29, 0.717) is 24.5 Å². The number of hydrogen-bond donors (Lipinski definition) is 1. The number of carbonyl (C=O) groups excluding carboxylic acids is 1. The first kappa shape index (κ1) is 18.4. The van der Waals surface area contributed by atoms with Crippen molar-refractivity contribution in [2.24, 2.45) is 11.8 Å². The number of hydrogen-bond acceptors (Lipinski definition) is 4. The fourth-order valence-corrected chi connectivity index (χ4v) is 6.11. The standard InChI is InChI=1S/C23H32N2O3/c1-16-6-8-18(9-7-16)27-14-22(26)24-12-19-20-13-25(17-4-2-3-5-17)15-23(20)11-10-21(19)28-23/h6-9,17,19-21H,2-5,10-15H2,1H3,(H,24,26)/t19-,20+,21+,23+/m0/s1. The minimum atomic E-state index is -0.0388. The molecule has 5 rings (SSSR count). The van der Waals surface area contributed by atoms with Crippen LogP contribution in [0.2, 0.25) is 0 Å². The topological polar surface area (TPSA) is 50.8 Å². The molecule has 5 heteroatoms. The first-order valence-electron chi connectivity index (χ1n) is 11.0. The highest BCUT2D eigenvalue weighted by atomic mass is 16.5. The molecule has 1 spiro atoms. The lowest BCUT2D eigenvalue weighted by atomic mass is 9.73. The number of nitrogens with zero attached hydrogens (tertiary/aromatic N) is 1. The lowest BCUT2D eigenvalue weighted by Gasteiger charge is -2.29. The van der Waals surface area contributed by atoms with E-state index in [1.165, 1.54) is 37.7 Å². The zero-order chi connectivity index (χ0) is 19.1. The second kappa shape index (κ2) is 7.34. The summed E-state index contributed by atoms with van der Waals surface area (Å²) < 4.78 is 12.2. The number of ether oxygens (including phenoxy) is 2. The van der Waals surface area contributed by atoms with E-state index in [2.05, 4.69) is 10.2 Å². The predicted molar refractivity (Wildman–Crippen MR) is 107 cm³/mol. The number of likely N-dealkylation sites (tertiary alicyclic amines) is 1.